The molecule has 0 fully saturated rings. The van der Waals surface area contributed by atoms with E-state index in [4.69, 9.17) is 5.11 Å². The molecular formula is C17H17N3O3S. The highest BCUT2D eigenvalue weighted by Gasteiger charge is 2.25. The predicted octanol–water partition coefficient (Wildman–Crippen LogP) is 2.24. The van der Waals surface area contributed by atoms with E-state index in [1.54, 1.807) is 36.2 Å². The molecule has 7 heteroatoms. The molecule has 124 valence electrons. The largest absolute Gasteiger partial charge is 0.480 e. The summed E-state index contributed by atoms with van der Waals surface area (Å²) >= 11 is 1.18. The van der Waals surface area contributed by atoms with Crippen molar-refractivity contribution in [2.75, 3.05) is 6.54 Å². The van der Waals surface area contributed by atoms with Gasteiger partial charge in [-0.25, -0.2) is 9.97 Å². The van der Waals surface area contributed by atoms with Crippen LogP contribution in [-0.4, -0.2) is 43.6 Å². The maximum Gasteiger partial charge on any atom is 0.316 e. The summed E-state index contributed by atoms with van der Waals surface area (Å²) in [5.74, 6) is -0.995. The first-order chi connectivity index (χ1) is 11.6. The summed E-state index contributed by atoms with van der Waals surface area (Å²) in [5, 5.41) is 8.48. The van der Waals surface area contributed by atoms with E-state index in [-0.39, 0.29) is 5.91 Å². The summed E-state index contributed by atoms with van der Waals surface area (Å²) in [6.07, 6.45) is 4.01. The van der Waals surface area contributed by atoms with Gasteiger partial charge in [0, 0.05) is 17.6 Å². The number of aliphatic carboxylic acids is 1. The minimum Gasteiger partial charge on any atom is -0.480 e. The van der Waals surface area contributed by atoms with Crippen LogP contribution in [0.5, 0.6) is 0 Å². The lowest BCUT2D eigenvalue weighted by Gasteiger charge is -2.28. The molecular weight excluding hydrogens is 326 g/mol. The Morgan fingerprint density at radius 1 is 1.33 bits per heavy atom. The molecule has 1 amide bonds. The zero-order chi connectivity index (χ0) is 17.1. The molecule has 0 saturated heterocycles. The lowest BCUT2D eigenvalue weighted by molar-refractivity contribution is -0.136. The zero-order valence-corrected chi connectivity index (χ0v) is 14.0. The number of nitrogens with zero attached hydrogens (tertiary/aromatic N) is 3. The monoisotopic (exact) mass is 343 g/mol. The van der Waals surface area contributed by atoms with Crippen LogP contribution in [0.25, 0.3) is 0 Å². The molecule has 1 N–H and O–H groups in total. The average molecular weight is 343 g/mol. The van der Waals surface area contributed by atoms with Crippen LogP contribution in [0.15, 0.2) is 41.7 Å². The highest BCUT2D eigenvalue weighted by atomic mass is 32.2. The third-order valence-electron chi connectivity index (χ3n) is 3.93. The van der Waals surface area contributed by atoms with E-state index in [9.17, 15) is 9.59 Å². The summed E-state index contributed by atoms with van der Waals surface area (Å²) in [5.41, 5.74) is 2.48. The number of benzene rings is 1. The van der Waals surface area contributed by atoms with E-state index in [1.165, 1.54) is 18.1 Å². The number of fused-ring (bicyclic) bond motifs is 1. The molecule has 0 saturated carbocycles. The fraction of sp³-hybridized carbons (Fsp3) is 0.294. The Morgan fingerprint density at radius 2 is 2.12 bits per heavy atom. The minimum absolute atomic E-state index is 0.0973. The summed E-state index contributed by atoms with van der Waals surface area (Å²) in [6, 6.07) is 7.14. The lowest BCUT2D eigenvalue weighted by atomic mass is 10.1. The van der Waals surface area contributed by atoms with Gasteiger partial charge in [0.15, 0.2) is 0 Å². The first-order valence-corrected chi connectivity index (χ1v) is 8.49. The van der Waals surface area contributed by atoms with Gasteiger partial charge in [0.25, 0.3) is 5.91 Å². The molecule has 1 atom stereocenters. The molecule has 0 bridgehead atoms. The smallest absolute Gasteiger partial charge is 0.316 e. The van der Waals surface area contributed by atoms with Crippen molar-refractivity contribution < 1.29 is 14.7 Å². The van der Waals surface area contributed by atoms with Gasteiger partial charge in [-0.2, -0.15) is 0 Å². The van der Waals surface area contributed by atoms with Gasteiger partial charge < -0.3 is 10.0 Å². The first-order valence-electron chi connectivity index (χ1n) is 7.62. The van der Waals surface area contributed by atoms with Crippen LogP contribution in [0.1, 0.15) is 28.5 Å². The lowest BCUT2D eigenvalue weighted by Crippen LogP contribution is -2.36. The average Bonchev–Trinajstić information content (AvgIpc) is 2.61. The Hall–Kier alpha value is -2.41. The molecule has 6 nitrogen and oxygen atoms in total. The standard InChI is InChI=1S/C17H17N3O3S/c1-11(17(22)23)24-15-5-3-2-4-13(15)16(21)20-7-6-12-8-18-10-19-14(12)9-20/h2-5,8,10-11H,6-7,9H2,1H3,(H,22,23). The second-order valence-electron chi connectivity index (χ2n) is 5.57. The molecule has 1 aromatic heterocycles. The number of carbonyl (C=O) groups excluding carboxylic acids is 1. The van der Waals surface area contributed by atoms with Gasteiger partial charge in [0.1, 0.15) is 11.6 Å². The van der Waals surface area contributed by atoms with E-state index in [0.717, 1.165) is 17.7 Å². The molecule has 2 heterocycles. The van der Waals surface area contributed by atoms with Crippen molar-refractivity contribution in [1.29, 1.82) is 0 Å². The molecule has 1 aliphatic heterocycles. The maximum atomic E-state index is 12.9. The van der Waals surface area contributed by atoms with E-state index in [1.807, 2.05) is 6.07 Å². The first kappa shape index (κ1) is 16.4. The van der Waals surface area contributed by atoms with E-state index in [0.29, 0.717) is 23.5 Å². The van der Waals surface area contributed by atoms with Crippen molar-refractivity contribution in [2.24, 2.45) is 0 Å². The van der Waals surface area contributed by atoms with Crippen LogP contribution in [0.3, 0.4) is 0 Å². The van der Waals surface area contributed by atoms with Gasteiger partial charge >= 0.3 is 5.97 Å². The van der Waals surface area contributed by atoms with Gasteiger partial charge in [-0.1, -0.05) is 12.1 Å². The second-order valence-corrected chi connectivity index (χ2v) is 6.95. The SMILES string of the molecule is CC(Sc1ccccc1C(=O)N1CCc2cncnc2C1)C(=O)O. The number of carbonyl (C=O) groups is 2. The Labute approximate surface area is 143 Å². The maximum absolute atomic E-state index is 12.9. The molecule has 1 aromatic carbocycles. The third kappa shape index (κ3) is 3.41. The molecule has 2 aromatic rings. The molecule has 0 spiro atoms. The molecule has 0 aliphatic carbocycles. The predicted molar refractivity (Wildman–Crippen MR) is 89.9 cm³/mol. The molecule has 24 heavy (non-hydrogen) atoms. The Bertz CT molecular complexity index is 781. The van der Waals surface area contributed by atoms with E-state index < -0.39 is 11.2 Å². The van der Waals surface area contributed by atoms with Crippen molar-refractivity contribution in [3.63, 3.8) is 0 Å². The van der Waals surface area contributed by atoms with Crippen LogP contribution in [0.4, 0.5) is 0 Å². The highest BCUT2D eigenvalue weighted by Crippen LogP contribution is 2.29. The van der Waals surface area contributed by atoms with E-state index >= 15 is 0 Å². The van der Waals surface area contributed by atoms with Crippen LogP contribution < -0.4 is 0 Å². The summed E-state index contributed by atoms with van der Waals surface area (Å²) in [6.45, 7) is 2.67. The Morgan fingerprint density at radius 3 is 2.92 bits per heavy atom. The molecule has 0 radical (unpaired) electrons. The zero-order valence-electron chi connectivity index (χ0n) is 13.2. The van der Waals surface area contributed by atoms with Crippen molar-refractivity contribution in [3.05, 3.63) is 53.6 Å². The Kier molecular flexibility index (Phi) is 4.80. The summed E-state index contributed by atoms with van der Waals surface area (Å²) < 4.78 is 0. The number of carboxylic acids is 1. The third-order valence-corrected chi connectivity index (χ3v) is 5.09. The highest BCUT2D eigenvalue weighted by molar-refractivity contribution is 8.00. The fourth-order valence-corrected chi connectivity index (χ4v) is 3.50. The van der Waals surface area contributed by atoms with Gasteiger partial charge in [0.05, 0.1) is 17.8 Å². The number of rotatable bonds is 4. The topological polar surface area (TPSA) is 83.4 Å². The Balaban J connectivity index is 1.82. The second kappa shape index (κ2) is 7.00. The number of thioether (sulfide) groups is 1. The van der Waals surface area contributed by atoms with Gasteiger partial charge in [-0.05, 0) is 31.0 Å². The number of hydrogen-bond acceptors (Lipinski definition) is 5. The van der Waals surface area contributed by atoms with Crippen LogP contribution in [-0.2, 0) is 17.8 Å². The van der Waals surface area contributed by atoms with Crippen molar-refractivity contribution in [3.8, 4) is 0 Å². The number of carboxylic acid groups (broad SMARTS) is 1. The number of hydrogen-bond donors (Lipinski definition) is 1. The van der Waals surface area contributed by atoms with Gasteiger partial charge in [0.2, 0.25) is 0 Å². The fourth-order valence-electron chi connectivity index (χ4n) is 2.58. The molecule has 3 rings (SSSR count). The number of aromatic nitrogens is 2. The molecule has 1 unspecified atom stereocenters. The summed E-state index contributed by atoms with van der Waals surface area (Å²) in [4.78, 5) is 34.7. The van der Waals surface area contributed by atoms with Crippen molar-refractivity contribution >= 4 is 23.6 Å². The van der Waals surface area contributed by atoms with Crippen molar-refractivity contribution in [1.82, 2.24) is 14.9 Å². The quantitative estimate of drug-likeness (QED) is 0.857. The van der Waals surface area contributed by atoms with Crippen LogP contribution in [0.2, 0.25) is 0 Å². The van der Waals surface area contributed by atoms with Gasteiger partial charge in [-0.15, -0.1) is 11.8 Å². The van der Waals surface area contributed by atoms with Crippen molar-refractivity contribution in [2.45, 2.75) is 30.0 Å². The van der Waals surface area contributed by atoms with Crippen LogP contribution >= 0.6 is 11.8 Å². The van der Waals surface area contributed by atoms with E-state index in [2.05, 4.69) is 9.97 Å². The van der Waals surface area contributed by atoms with Crippen LogP contribution in [0, 0.1) is 0 Å². The molecule has 1 aliphatic rings. The minimum atomic E-state index is -0.897. The summed E-state index contributed by atoms with van der Waals surface area (Å²) in [7, 11) is 0. The number of amides is 1. The van der Waals surface area contributed by atoms with Gasteiger partial charge in [-0.3, -0.25) is 9.59 Å². The normalized spacial score (nSPS) is 14.8.